The van der Waals surface area contributed by atoms with Crippen molar-refractivity contribution in [2.75, 3.05) is 19.6 Å². The molecule has 1 N–H and O–H groups in total. The molecule has 1 aromatic heterocycles. The SMILES string of the molecule is C/C(=C\c1ccccc1)CN1CCCC(O)(Cc2nc(C)no2)C1. The molecule has 0 radical (unpaired) electrons. The number of aromatic nitrogens is 2. The second-order valence-electron chi connectivity index (χ2n) is 6.85. The van der Waals surface area contributed by atoms with Crippen molar-refractivity contribution < 1.29 is 9.63 Å². The Bertz CT molecular complexity index is 696. The van der Waals surface area contributed by atoms with Crippen LogP contribution in [-0.4, -0.2) is 45.4 Å². The lowest BCUT2D eigenvalue weighted by molar-refractivity contribution is -0.0322. The highest BCUT2D eigenvalue weighted by atomic mass is 16.5. The molecule has 24 heavy (non-hydrogen) atoms. The minimum absolute atomic E-state index is 0.422. The monoisotopic (exact) mass is 327 g/mol. The van der Waals surface area contributed by atoms with E-state index in [-0.39, 0.29) is 0 Å². The smallest absolute Gasteiger partial charge is 0.229 e. The first-order valence-electron chi connectivity index (χ1n) is 8.49. The number of likely N-dealkylation sites (tertiary alicyclic amines) is 1. The van der Waals surface area contributed by atoms with Crippen LogP contribution in [0.3, 0.4) is 0 Å². The summed E-state index contributed by atoms with van der Waals surface area (Å²) in [6.45, 7) is 6.43. The molecule has 0 amide bonds. The van der Waals surface area contributed by atoms with Crippen molar-refractivity contribution in [2.45, 2.75) is 38.7 Å². The van der Waals surface area contributed by atoms with E-state index in [0.717, 1.165) is 25.9 Å². The van der Waals surface area contributed by atoms with Gasteiger partial charge < -0.3 is 9.63 Å². The minimum atomic E-state index is -0.787. The third-order valence-corrected chi connectivity index (χ3v) is 4.37. The normalized spacial score (nSPS) is 22.7. The number of aryl methyl sites for hydroxylation is 1. The number of benzene rings is 1. The lowest BCUT2D eigenvalue weighted by Crippen LogP contribution is -2.49. The van der Waals surface area contributed by atoms with Crippen LogP contribution in [0.15, 0.2) is 40.4 Å². The highest BCUT2D eigenvalue weighted by molar-refractivity contribution is 5.52. The van der Waals surface area contributed by atoms with Gasteiger partial charge in [0.15, 0.2) is 5.82 Å². The lowest BCUT2D eigenvalue weighted by Gasteiger charge is -2.38. The van der Waals surface area contributed by atoms with Crippen molar-refractivity contribution in [3.63, 3.8) is 0 Å². The van der Waals surface area contributed by atoms with Gasteiger partial charge in [-0.15, -0.1) is 0 Å². The molecule has 3 rings (SSSR count). The number of piperidine rings is 1. The molecule has 2 heterocycles. The maximum Gasteiger partial charge on any atom is 0.229 e. The first-order valence-corrected chi connectivity index (χ1v) is 8.49. The van der Waals surface area contributed by atoms with E-state index in [4.69, 9.17) is 4.52 Å². The topological polar surface area (TPSA) is 62.4 Å². The van der Waals surface area contributed by atoms with E-state index < -0.39 is 5.60 Å². The summed E-state index contributed by atoms with van der Waals surface area (Å²) in [5, 5.41) is 14.7. The second kappa shape index (κ2) is 7.28. The van der Waals surface area contributed by atoms with E-state index in [0.29, 0.717) is 24.7 Å². The zero-order valence-corrected chi connectivity index (χ0v) is 14.4. The van der Waals surface area contributed by atoms with Gasteiger partial charge in [-0.05, 0) is 38.8 Å². The predicted molar refractivity (Wildman–Crippen MR) is 93.5 cm³/mol. The van der Waals surface area contributed by atoms with Gasteiger partial charge in [0.1, 0.15) is 0 Å². The van der Waals surface area contributed by atoms with Crippen molar-refractivity contribution in [1.29, 1.82) is 0 Å². The van der Waals surface area contributed by atoms with Crippen LogP contribution >= 0.6 is 0 Å². The fourth-order valence-electron chi connectivity index (χ4n) is 3.41. The number of nitrogens with zero attached hydrogens (tertiary/aromatic N) is 3. The van der Waals surface area contributed by atoms with Gasteiger partial charge in [-0.2, -0.15) is 4.98 Å². The molecule has 0 spiro atoms. The molecule has 5 nitrogen and oxygen atoms in total. The Hall–Kier alpha value is -1.98. The Morgan fingerprint density at radius 3 is 2.88 bits per heavy atom. The quantitative estimate of drug-likeness (QED) is 0.915. The summed E-state index contributed by atoms with van der Waals surface area (Å²) in [5.41, 5.74) is 1.72. The number of β-amino-alcohol motifs (C(OH)–C–C–N with tert-alkyl or cyclic N) is 1. The molecule has 1 aliphatic rings. The summed E-state index contributed by atoms with van der Waals surface area (Å²) >= 11 is 0. The van der Waals surface area contributed by atoms with Gasteiger partial charge in [0.2, 0.25) is 5.89 Å². The summed E-state index contributed by atoms with van der Waals surface area (Å²) in [4.78, 5) is 6.53. The van der Waals surface area contributed by atoms with Crippen LogP contribution in [0.2, 0.25) is 0 Å². The van der Waals surface area contributed by atoms with Crippen LogP contribution in [0.1, 0.15) is 37.0 Å². The molecule has 128 valence electrons. The summed E-state index contributed by atoms with van der Waals surface area (Å²) in [6, 6.07) is 10.3. The average molecular weight is 327 g/mol. The van der Waals surface area contributed by atoms with E-state index in [1.807, 2.05) is 18.2 Å². The third kappa shape index (κ3) is 4.52. The zero-order chi connectivity index (χ0) is 17.0. The number of hydrogen-bond acceptors (Lipinski definition) is 5. The van der Waals surface area contributed by atoms with Crippen LogP contribution in [0.4, 0.5) is 0 Å². The first-order chi connectivity index (χ1) is 11.5. The van der Waals surface area contributed by atoms with Crippen LogP contribution in [0, 0.1) is 6.92 Å². The van der Waals surface area contributed by atoms with Crippen LogP contribution in [0.25, 0.3) is 6.08 Å². The molecule has 1 aliphatic heterocycles. The molecule has 0 saturated carbocycles. The lowest BCUT2D eigenvalue weighted by atomic mass is 9.89. The summed E-state index contributed by atoms with van der Waals surface area (Å²) in [5.74, 6) is 1.14. The predicted octanol–water partition coefficient (Wildman–Crippen LogP) is 2.85. The van der Waals surface area contributed by atoms with Gasteiger partial charge in [-0.25, -0.2) is 0 Å². The molecule has 0 bridgehead atoms. The molecule has 5 heteroatoms. The molecule has 2 aromatic rings. The molecular formula is C19H25N3O2. The van der Waals surface area contributed by atoms with E-state index in [1.54, 1.807) is 6.92 Å². The van der Waals surface area contributed by atoms with Gasteiger partial charge in [0.05, 0.1) is 12.0 Å². The zero-order valence-electron chi connectivity index (χ0n) is 14.4. The molecule has 1 atom stereocenters. The maximum absolute atomic E-state index is 10.9. The Morgan fingerprint density at radius 1 is 1.38 bits per heavy atom. The van der Waals surface area contributed by atoms with Crippen molar-refractivity contribution in [2.24, 2.45) is 0 Å². The Balaban J connectivity index is 1.61. The van der Waals surface area contributed by atoms with Gasteiger partial charge in [-0.3, -0.25) is 4.90 Å². The molecule has 1 saturated heterocycles. The highest BCUT2D eigenvalue weighted by Gasteiger charge is 2.35. The van der Waals surface area contributed by atoms with Gasteiger partial charge in [-0.1, -0.05) is 47.1 Å². The summed E-state index contributed by atoms with van der Waals surface area (Å²) in [7, 11) is 0. The summed E-state index contributed by atoms with van der Waals surface area (Å²) in [6.07, 6.45) is 4.37. The van der Waals surface area contributed by atoms with E-state index in [2.05, 4.69) is 40.2 Å². The fraction of sp³-hybridized carbons (Fsp3) is 0.474. The van der Waals surface area contributed by atoms with Crippen molar-refractivity contribution in [3.8, 4) is 0 Å². The Kier molecular flexibility index (Phi) is 5.11. The molecule has 1 unspecified atom stereocenters. The van der Waals surface area contributed by atoms with E-state index in [9.17, 15) is 5.11 Å². The first kappa shape index (κ1) is 16.9. The largest absolute Gasteiger partial charge is 0.388 e. The molecule has 1 aromatic carbocycles. The van der Waals surface area contributed by atoms with Crippen LogP contribution < -0.4 is 0 Å². The summed E-state index contributed by atoms with van der Waals surface area (Å²) < 4.78 is 5.18. The van der Waals surface area contributed by atoms with Crippen LogP contribution in [-0.2, 0) is 6.42 Å². The Labute approximate surface area is 143 Å². The number of aliphatic hydroxyl groups is 1. The number of rotatable bonds is 5. The fourth-order valence-corrected chi connectivity index (χ4v) is 3.41. The van der Waals surface area contributed by atoms with E-state index in [1.165, 1.54) is 11.1 Å². The van der Waals surface area contributed by atoms with Crippen molar-refractivity contribution in [3.05, 3.63) is 53.2 Å². The van der Waals surface area contributed by atoms with Crippen LogP contribution in [0.5, 0.6) is 0 Å². The van der Waals surface area contributed by atoms with Gasteiger partial charge in [0, 0.05) is 13.1 Å². The van der Waals surface area contributed by atoms with Gasteiger partial charge >= 0.3 is 0 Å². The standard InChI is InChI=1S/C19H25N3O2/c1-15(11-17-7-4-3-5-8-17)13-22-10-6-9-19(23,14-22)12-18-20-16(2)21-24-18/h3-5,7-8,11,23H,6,9-10,12-14H2,1-2H3/b15-11+. The van der Waals surface area contributed by atoms with Crippen molar-refractivity contribution in [1.82, 2.24) is 15.0 Å². The molecule has 1 fully saturated rings. The minimum Gasteiger partial charge on any atom is -0.388 e. The second-order valence-corrected chi connectivity index (χ2v) is 6.85. The highest BCUT2D eigenvalue weighted by Crippen LogP contribution is 2.25. The number of hydrogen-bond donors (Lipinski definition) is 1. The third-order valence-electron chi connectivity index (χ3n) is 4.37. The molecular weight excluding hydrogens is 302 g/mol. The molecule has 0 aliphatic carbocycles. The van der Waals surface area contributed by atoms with Gasteiger partial charge in [0.25, 0.3) is 0 Å². The van der Waals surface area contributed by atoms with Crippen molar-refractivity contribution >= 4 is 6.08 Å². The van der Waals surface area contributed by atoms with E-state index >= 15 is 0 Å². The Morgan fingerprint density at radius 2 is 2.17 bits per heavy atom. The average Bonchev–Trinajstić information content (AvgIpc) is 2.92. The maximum atomic E-state index is 10.9.